The molecular weight excluding hydrogens is 392 g/mol. The molecule has 1 N–H and O–H groups in total. The highest BCUT2D eigenvalue weighted by atomic mass is 16.5. The molecule has 0 saturated carbocycles. The van der Waals surface area contributed by atoms with Crippen LogP contribution < -0.4 is 0 Å². The maximum atomic E-state index is 12.9. The lowest BCUT2D eigenvalue weighted by molar-refractivity contribution is -0.145. The minimum atomic E-state index is -1.04. The van der Waals surface area contributed by atoms with Gasteiger partial charge in [0.25, 0.3) is 11.8 Å². The van der Waals surface area contributed by atoms with Gasteiger partial charge in [-0.05, 0) is 55.7 Å². The molecular formula is C25H24N2O4. The van der Waals surface area contributed by atoms with Crippen LogP contribution in [0.2, 0.25) is 0 Å². The number of aromatic amines is 1. The lowest BCUT2D eigenvalue weighted by Gasteiger charge is -2.23. The van der Waals surface area contributed by atoms with Gasteiger partial charge < -0.3 is 9.72 Å². The van der Waals surface area contributed by atoms with Gasteiger partial charge >= 0.3 is 5.97 Å². The van der Waals surface area contributed by atoms with Crippen molar-refractivity contribution in [1.29, 1.82) is 0 Å². The third kappa shape index (κ3) is 3.77. The summed E-state index contributed by atoms with van der Waals surface area (Å²) in [7, 11) is 1.26. The number of nitrogens with one attached hydrogen (secondary N) is 1. The van der Waals surface area contributed by atoms with Crippen LogP contribution in [0.3, 0.4) is 0 Å². The fraction of sp³-hybridized carbons (Fsp3) is 0.240. The maximum Gasteiger partial charge on any atom is 0.329 e. The molecule has 0 radical (unpaired) electrons. The summed E-state index contributed by atoms with van der Waals surface area (Å²) in [4.78, 5) is 42.8. The Kier molecular flexibility index (Phi) is 5.46. The molecule has 31 heavy (non-hydrogen) atoms. The molecule has 4 rings (SSSR count). The number of benzene rings is 2. The number of H-pyrrole nitrogens is 1. The van der Waals surface area contributed by atoms with Crippen molar-refractivity contribution in [2.45, 2.75) is 32.7 Å². The number of aromatic nitrogens is 1. The van der Waals surface area contributed by atoms with Gasteiger partial charge in [-0.25, -0.2) is 4.79 Å². The molecule has 3 aromatic rings. The van der Waals surface area contributed by atoms with Crippen molar-refractivity contribution < 1.29 is 19.1 Å². The van der Waals surface area contributed by atoms with Crippen molar-refractivity contribution in [3.05, 3.63) is 82.6 Å². The Morgan fingerprint density at radius 3 is 2.39 bits per heavy atom. The molecule has 1 atom stereocenters. The first-order chi connectivity index (χ1) is 14.9. The molecule has 0 saturated heterocycles. The average Bonchev–Trinajstić information content (AvgIpc) is 3.28. The van der Waals surface area contributed by atoms with Crippen LogP contribution in [-0.2, 0) is 22.4 Å². The molecule has 1 aliphatic heterocycles. The topological polar surface area (TPSA) is 79.5 Å². The summed E-state index contributed by atoms with van der Waals surface area (Å²) in [5.74, 6) is -1.57. The lowest BCUT2D eigenvalue weighted by atomic mass is 10.0. The molecule has 2 heterocycles. The van der Waals surface area contributed by atoms with Crippen molar-refractivity contribution in [2.75, 3.05) is 7.11 Å². The fourth-order valence-electron chi connectivity index (χ4n) is 3.96. The minimum absolute atomic E-state index is 0.171. The maximum absolute atomic E-state index is 12.9. The van der Waals surface area contributed by atoms with Crippen molar-refractivity contribution in [3.8, 4) is 0 Å². The van der Waals surface area contributed by atoms with Gasteiger partial charge in [-0.3, -0.25) is 14.5 Å². The number of hydrogen-bond donors (Lipinski definition) is 1. The van der Waals surface area contributed by atoms with Crippen LogP contribution in [0.1, 0.15) is 45.7 Å². The number of carbonyl (C=O) groups excluding carboxylic acids is 3. The molecule has 2 aromatic carbocycles. The van der Waals surface area contributed by atoms with E-state index in [1.807, 2.05) is 12.3 Å². The van der Waals surface area contributed by atoms with E-state index in [4.69, 9.17) is 4.74 Å². The minimum Gasteiger partial charge on any atom is -0.467 e. The number of hydrogen-bond acceptors (Lipinski definition) is 4. The zero-order chi connectivity index (χ0) is 22.1. The molecule has 2 amide bonds. The predicted octanol–water partition coefficient (Wildman–Crippen LogP) is 4.06. The summed E-state index contributed by atoms with van der Waals surface area (Å²) in [6, 6.07) is 11.7. The first-order valence-corrected chi connectivity index (χ1v) is 10.2. The van der Waals surface area contributed by atoms with E-state index < -0.39 is 23.8 Å². The molecule has 0 unspecified atom stereocenters. The van der Waals surface area contributed by atoms with E-state index in [2.05, 4.69) is 37.0 Å². The van der Waals surface area contributed by atoms with Crippen LogP contribution >= 0.6 is 0 Å². The Balaban J connectivity index is 1.70. The number of methoxy groups -OCH3 is 1. The molecule has 6 nitrogen and oxygen atoms in total. The van der Waals surface area contributed by atoms with E-state index in [1.165, 1.54) is 12.7 Å². The van der Waals surface area contributed by atoms with Gasteiger partial charge in [0.15, 0.2) is 0 Å². The predicted molar refractivity (Wildman–Crippen MR) is 118 cm³/mol. The number of fused-ring (bicyclic) bond motifs is 2. The van der Waals surface area contributed by atoms with Gasteiger partial charge in [0, 0.05) is 23.5 Å². The van der Waals surface area contributed by atoms with Gasteiger partial charge in [-0.1, -0.05) is 29.8 Å². The van der Waals surface area contributed by atoms with Crippen molar-refractivity contribution in [3.63, 3.8) is 0 Å². The Hall–Kier alpha value is -3.67. The van der Waals surface area contributed by atoms with E-state index in [9.17, 15) is 14.4 Å². The second kappa shape index (κ2) is 8.22. The highest BCUT2D eigenvalue weighted by Crippen LogP contribution is 2.28. The molecule has 1 aliphatic rings. The summed E-state index contributed by atoms with van der Waals surface area (Å²) >= 11 is 0. The van der Waals surface area contributed by atoms with E-state index in [-0.39, 0.29) is 6.42 Å². The van der Waals surface area contributed by atoms with Crippen molar-refractivity contribution >= 4 is 28.7 Å². The monoisotopic (exact) mass is 416 g/mol. The van der Waals surface area contributed by atoms with Crippen LogP contribution in [-0.4, -0.2) is 40.8 Å². The number of ether oxygens (including phenoxy) is 1. The molecule has 0 spiro atoms. The Bertz CT molecular complexity index is 1180. The molecule has 1 aromatic heterocycles. The summed E-state index contributed by atoms with van der Waals surface area (Å²) in [5.41, 5.74) is 4.78. The molecule has 0 bridgehead atoms. The molecule has 158 valence electrons. The molecule has 0 fully saturated rings. The smallest absolute Gasteiger partial charge is 0.329 e. The van der Waals surface area contributed by atoms with Gasteiger partial charge in [-0.15, -0.1) is 0 Å². The number of rotatable bonds is 6. The van der Waals surface area contributed by atoms with Crippen LogP contribution in [0.5, 0.6) is 0 Å². The standard InChI is InChI=1S/C25H24N2O4/c1-15(2)8-9-16-10-11-21-20(12-16)17(14-26-21)13-22(25(30)31-3)27-23(28)18-6-4-5-7-19(18)24(27)29/h4-8,10-12,14,22,26H,9,13H2,1-3H3/t22-/m0/s1. The van der Waals surface area contributed by atoms with Gasteiger partial charge in [0.05, 0.1) is 18.2 Å². The van der Waals surface area contributed by atoms with Crippen molar-refractivity contribution in [2.24, 2.45) is 0 Å². The Morgan fingerprint density at radius 2 is 1.77 bits per heavy atom. The Morgan fingerprint density at radius 1 is 1.10 bits per heavy atom. The van der Waals surface area contributed by atoms with Gasteiger partial charge in [0.2, 0.25) is 0 Å². The first kappa shape index (κ1) is 20.6. The highest BCUT2D eigenvalue weighted by Gasteiger charge is 2.43. The Labute approximate surface area is 180 Å². The first-order valence-electron chi connectivity index (χ1n) is 10.2. The van der Waals surface area contributed by atoms with Crippen molar-refractivity contribution in [1.82, 2.24) is 9.88 Å². The summed E-state index contributed by atoms with van der Waals surface area (Å²) in [6.45, 7) is 4.12. The number of esters is 1. The highest BCUT2D eigenvalue weighted by molar-refractivity contribution is 6.22. The summed E-state index contributed by atoms with van der Waals surface area (Å²) < 4.78 is 4.97. The number of amides is 2. The number of nitrogens with zero attached hydrogens (tertiary/aromatic N) is 1. The average molecular weight is 416 g/mol. The number of allylic oxidation sites excluding steroid dienone is 2. The lowest BCUT2D eigenvalue weighted by Crippen LogP contribution is -2.46. The summed E-state index contributed by atoms with van der Waals surface area (Å²) in [5, 5.41) is 0.963. The van der Waals surface area contributed by atoms with E-state index in [0.717, 1.165) is 33.4 Å². The van der Waals surface area contributed by atoms with Crippen LogP contribution in [0, 0.1) is 0 Å². The zero-order valence-electron chi connectivity index (χ0n) is 17.8. The van der Waals surface area contributed by atoms with Gasteiger partial charge in [-0.2, -0.15) is 0 Å². The third-order valence-corrected chi connectivity index (χ3v) is 5.60. The normalized spacial score (nSPS) is 14.0. The second-order valence-corrected chi connectivity index (χ2v) is 7.95. The third-order valence-electron chi connectivity index (χ3n) is 5.60. The van der Waals surface area contributed by atoms with E-state index in [0.29, 0.717) is 11.1 Å². The molecule has 6 heteroatoms. The van der Waals surface area contributed by atoms with E-state index in [1.54, 1.807) is 24.3 Å². The van der Waals surface area contributed by atoms with Crippen LogP contribution in [0.4, 0.5) is 0 Å². The second-order valence-electron chi connectivity index (χ2n) is 7.95. The van der Waals surface area contributed by atoms with Crippen LogP contribution in [0.15, 0.2) is 60.3 Å². The van der Waals surface area contributed by atoms with Gasteiger partial charge in [0.1, 0.15) is 6.04 Å². The fourth-order valence-corrected chi connectivity index (χ4v) is 3.96. The molecule has 0 aliphatic carbocycles. The van der Waals surface area contributed by atoms with Crippen LogP contribution in [0.25, 0.3) is 10.9 Å². The zero-order valence-corrected chi connectivity index (χ0v) is 17.8. The van der Waals surface area contributed by atoms with E-state index >= 15 is 0 Å². The number of carbonyl (C=O) groups is 3. The number of imide groups is 1. The summed E-state index contributed by atoms with van der Waals surface area (Å²) in [6.07, 6.45) is 4.96. The quantitative estimate of drug-likeness (QED) is 0.373. The SMILES string of the molecule is COC(=O)[C@H](Cc1c[nH]c2ccc(CC=C(C)C)cc12)N1C(=O)c2ccccc2C1=O. The largest absolute Gasteiger partial charge is 0.467 e.